The van der Waals surface area contributed by atoms with Gasteiger partial charge in [-0.05, 0) is 44.5 Å². The Bertz CT molecular complexity index is 1100. The van der Waals surface area contributed by atoms with Crippen LogP contribution in [0.2, 0.25) is 0 Å². The molecule has 0 aliphatic heterocycles. The molecule has 0 saturated heterocycles. The number of hydrogen-bond donors (Lipinski definition) is 0. The number of esters is 1. The zero-order valence-corrected chi connectivity index (χ0v) is 15.5. The highest BCUT2D eigenvalue weighted by Gasteiger charge is 2.21. The fourth-order valence-corrected chi connectivity index (χ4v) is 3.19. The van der Waals surface area contributed by atoms with Crippen LogP contribution in [-0.2, 0) is 4.74 Å². The van der Waals surface area contributed by atoms with Gasteiger partial charge in [0.15, 0.2) is 11.5 Å². The molecule has 0 spiro atoms. The number of hydrogen-bond acceptors (Lipinski definition) is 4. The van der Waals surface area contributed by atoms with E-state index >= 15 is 0 Å². The molecule has 0 radical (unpaired) electrons. The summed E-state index contributed by atoms with van der Waals surface area (Å²) in [5.74, 6) is 0.206. The molecule has 0 fully saturated rings. The minimum absolute atomic E-state index is 0.302. The lowest BCUT2D eigenvalue weighted by molar-refractivity contribution is 0.0515. The van der Waals surface area contributed by atoms with E-state index in [2.05, 4.69) is 11.2 Å². The standard InChI is InChI=1S/C22H20N2O3/c1-4-26-22(25)19-13-17(21-12-16-7-5-6-8-20(16)27-21)23-24(19)18-10-9-14(2)11-15(18)3/h5-13H,4H2,1-3H3. The topological polar surface area (TPSA) is 57.3 Å². The molecule has 5 nitrogen and oxygen atoms in total. The lowest BCUT2D eigenvalue weighted by Crippen LogP contribution is -2.12. The second kappa shape index (κ2) is 6.76. The Labute approximate surface area is 157 Å². The monoisotopic (exact) mass is 360 g/mol. The average molecular weight is 360 g/mol. The van der Waals surface area contributed by atoms with Crippen molar-refractivity contribution in [2.75, 3.05) is 6.61 Å². The Hall–Kier alpha value is -3.34. The van der Waals surface area contributed by atoms with Crippen LogP contribution in [0.25, 0.3) is 28.1 Å². The van der Waals surface area contributed by atoms with Crippen molar-refractivity contribution in [3.63, 3.8) is 0 Å². The number of fused-ring (bicyclic) bond motifs is 1. The molecule has 0 atom stereocenters. The third kappa shape index (κ3) is 3.12. The number of aryl methyl sites for hydroxylation is 2. The van der Waals surface area contributed by atoms with Crippen LogP contribution in [0.15, 0.2) is 59.0 Å². The van der Waals surface area contributed by atoms with Gasteiger partial charge in [0.05, 0.1) is 12.3 Å². The first-order chi connectivity index (χ1) is 13.1. The number of rotatable bonds is 4. The average Bonchev–Trinajstić information content (AvgIpc) is 3.26. The van der Waals surface area contributed by atoms with Gasteiger partial charge in [-0.1, -0.05) is 35.9 Å². The van der Waals surface area contributed by atoms with E-state index in [1.165, 1.54) is 0 Å². The molecule has 27 heavy (non-hydrogen) atoms. The van der Waals surface area contributed by atoms with Crippen molar-refractivity contribution >= 4 is 16.9 Å². The second-order valence-corrected chi connectivity index (χ2v) is 6.49. The smallest absolute Gasteiger partial charge is 0.357 e. The number of carbonyl (C=O) groups excluding carboxylic acids is 1. The summed E-state index contributed by atoms with van der Waals surface area (Å²) in [7, 11) is 0. The van der Waals surface area contributed by atoms with Crippen molar-refractivity contribution in [2.45, 2.75) is 20.8 Å². The van der Waals surface area contributed by atoms with Crippen molar-refractivity contribution in [2.24, 2.45) is 0 Å². The summed E-state index contributed by atoms with van der Waals surface area (Å²) in [5, 5.41) is 5.65. The zero-order valence-electron chi connectivity index (χ0n) is 15.5. The lowest BCUT2D eigenvalue weighted by atomic mass is 10.1. The van der Waals surface area contributed by atoms with Crippen LogP contribution >= 0.6 is 0 Å². The van der Waals surface area contributed by atoms with Crippen LogP contribution in [0.3, 0.4) is 0 Å². The maximum absolute atomic E-state index is 12.5. The van der Waals surface area contributed by atoms with Gasteiger partial charge in [-0.2, -0.15) is 5.10 Å². The summed E-state index contributed by atoms with van der Waals surface area (Å²) in [6, 6.07) is 17.4. The fraction of sp³-hybridized carbons (Fsp3) is 0.182. The molecule has 2 aromatic heterocycles. The number of ether oxygens (including phenoxy) is 1. The highest BCUT2D eigenvalue weighted by Crippen LogP contribution is 2.29. The highest BCUT2D eigenvalue weighted by atomic mass is 16.5. The Balaban J connectivity index is 1.88. The molecular weight excluding hydrogens is 340 g/mol. The molecule has 2 aromatic carbocycles. The molecule has 2 heterocycles. The van der Waals surface area contributed by atoms with E-state index in [1.54, 1.807) is 17.7 Å². The van der Waals surface area contributed by atoms with Gasteiger partial charge in [0.25, 0.3) is 0 Å². The van der Waals surface area contributed by atoms with E-state index in [1.807, 2.05) is 56.3 Å². The molecule has 0 bridgehead atoms. The molecule has 0 aliphatic rings. The first kappa shape index (κ1) is 17.1. The van der Waals surface area contributed by atoms with Crippen LogP contribution in [0.5, 0.6) is 0 Å². The molecule has 4 aromatic rings. The Morgan fingerprint density at radius 2 is 1.93 bits per heavy atom. The predicted molar refractivity (Wildman–Crippen MR) is 104 cm³/mol. The Morgan fingerprint density at radius 1 is 1.11 bits per heavy atom. The Kier molecular flexibility index (Phi) is 4.28. The first-order valence-corrected chi connectivity index (χ1v) is 8.90. The van der Waals surface area contributed by atoms with Crippen LogP contribution in [0.4, 0.5) is 0 Å². The number of nitrogens with zero attached hydrogens (tertiary/aromatic N) is 2. The molecule has 0 N–H and O–H groups in total. The van der Waals surface area contributed by atoms with Gasteiger partial charge in [-0.15, -0.1) is 0 Å². The maximum Gasteiger partial charge on any atom is 0.357 e. The normalized spacial score (nSPS) is 11.1. The van der Waals surface area contributed by atoms with Crippen LogP contribution in [-0.4, -0.2) is 22.4 Å². The maximum atomic E-state index is 12.5. The van der Waals surface area contributed by atoms with Crippen molar-refractivity contribution in [1.29, 1.82) is 0 Å². The van der Waals surface area contributed by atoms with E-state index in [0.717, 1.165) is 27.8 Å². The van der Waals surface area contributed by atoms with Gasteiger partial charge in [-0.3, -0.25) is 0 Å². The number of para-hydroxylation sites is 1. The minimum Gasteiger partial charge on any atom is -0.461 e. The molecular formula is C22H20N2O3. The summed E-state index contributed by atoms with van der Waals surface area (Å²) in [4.78, 5) is 12.5. The molecule has 0 aliphatic carbocycles. The summed E-state index contributed by atoms with van der Waals surface area (Å²) < 4.78 is 12.8. The quantitative estimate of drug-likeness (QED) is 0.476. The molecule has 0 amide bonds. The van der Waals surface area contributed by atoms with Crippen LogP contribution in [0, 0.1) is 13.8 Å². The van der Waals surface area contributed by atoms with E-state index in [0.29, 0.717) is 23.8 Å². The summed E-state index contributed by atoms with van der Waals surface area (Å²) in [5.41, 5.74) is 4.77. The van der Waals surface area contributed by atoms with Crippen molar-refractivity contribution < 1.29 is 13.9 Å². The number of carbonyl (C=O) groups is 1. The van der Waals surface area contributed by atoms with E-state index in [4.69, 9.17) is 9.15 Å². The number of aromatic nitrogens is 2. The molecule has 0 saturated carbocycles. The minimum atomic E-state index is -0.410. The van der Waals surface area contributed by atoms with E-state index in [9.17, 15) is 4.79 Å². The predicted octanol–water partition coefficient (Wildman–Crippen LogP) is 5.08. The van der Waals surface area contributed by atoms with Crippen molar-refractivity contribution in [3.8, 4) is 17.1 Å². The highest BCUT2D eigenvalue weighted by molar-refractivity contribution is 5.90. The zero-order chi connectivity index (χ0) is 19.0. The van der Waals surface area contributed by atoms with Gasteiger partial charge in [0.1, 0.15) is 11.3 Å². The van der Waals surface area contributed by atoms with Crippen LogP contribution in [0.1, 0.15) is 28.5 Å². The van der Waals surface area contributed by atoms with Gasteiger partial charge in [0, 0.05) is 11.5 Å². The van der Waals surface area contributed by atoms with E-state index in [-0.39, 0.29) is 0 Å². The van der Waals surface area contributed by atoms with Crippen LogP contribution < -0.4 is 0 Å². The molecule has 136 valence electrons. The van der Waals surface area contributed by atoms with E-state index < -0.39 is 5.97 Å². The lowest BCUT2D eigenvalue weighted by Gasteiger charge is -2.10. The third-order valence-electron chi connectivity index (χ3n) is 4.45. The Morgan fingerprint density at radius 3 is 2.67 bits per heavy atom. The van der Waals surface area contributed by atoms with Gasteiger partial charge in [-0.25, -0.2) is 9.48 Å². The van der Waals surface area contributed by atoms with Crippen molar-refractivity contribution in [1.82, 2.24) is 9.78 Å². The molecule has 0 unspecified atom stereocenters. The second-order valence-electron chi connectivity index (χ2n) is 6.49. The fourth-order valence-electron chi connectivity index (χ4n) is 3.19. The summed E-state index contributed by atoms with van der Waals surface area (Å²) in [6.07, 6.45) is 0. The first-order valence-electron chi connectivity index (χ1n) is 8.90. The third-order valence-corrected chi connectivity index (χ3v) is 4.45. The molecule has 4 rings (SSSR count). The SMILES string of the molecule is CCOC(=O)c1cc(-c2cc3ccccc3o2)nn1-c1ccc(C)cc1C. The summed E-state index contributed by atoms with van der Waals surface area (Å²) in [6.45, 7) is 6.12. The van der Waals surface area contributed by atoms with Gasteiger partial charge in [0.2, 0.25) is 0 Å². The number of benzene rings is 2. The summed E-state index contributed by atoms with van der Waals surface area (Å²) >= 11 is 0. The van der Waals surface area contributed by atoms with Gasteiger partial charge >= 0.3 is 5.97 Å². The van der Waals surface area contributed by atoms with Crippen molar-refractivity contribution in [3.05, 3.63) is 71.4 Å². The van der Waals surface area contributed by atoms with Gasteiger partial charge < -0.3 is 9.15 Å². The molecule has 5 heteroatoms. The largest absolute Gasteiger partial charge is 0.461 e. The number of furan rings is 1.